The Hall–Kier alpha value is -3.48. The molecule has 1 heterocycles. The van der Waals surface area contributed by atoms with Crippen LogP contribution in [0.3, 0.4) is 0 Å². The first-order chi connectivity index (χ1) is 16.0. The number of rotatable bonds is 7. The summed E-state index contributed by atoms with van der Waals surface area (Å²) in [4.78, 5) is 26.5. The quantitative estimate of drug-likeness (QED) is 0.454. The second kappa shape index (κ2) is 10.4. The highest BCUT2D eigenvalue weighted by molar-refractivity contribution is 6.35. The van der Waals surface area contributed by atoms with Gasteiger partial charge in [0, 0.05) is 21.8 Å². The van der Waals surface area contributed by atoms with Gasteiger partial charge in [0.2, 0.25) is 5.91 Å². The van der Waals surface area contributed by atoms with Crippen molar-refractivity contribution in [1.29, 1.82) is 0 Å². The molecule has 8 heteroatoms. The van der Waals surface area contributed by atoms with E-state index in [0.717, 1.165) is 5.75 Å². The zero-order chi connectivity index (χ0) is 23.2. The standard InChI is InChI=1S/C25H20Cl2N2O4/c26-18-8-6-17(21(27)14-18)7-11-24(30)28-19-9-10-23-22(15-19)29(25(31)16-33-23)12-13-32-20-4-2-1-3-5-20/h1-11,14-15H,12-13,16H2,(H,28,30)/b11-7+. The molecule has 0 saturated carbocycles. The monoisotopic (exact) mass is 482 g/mol. The van der Waals surface area contributed by atoms with Crippen LogP contribution in [0.4, 0.5) is 11.4 Å². The zero-order valence-electron chi connectivity index (χ0n) is 17.5. The molecule has 3 aromatic rings. The van der Waals surface area contributed by atoms with Crippen LogP contribution in [-0.4, -0.2) is 31.6 Å². The predicted molar refractivity (Wildman–Crippen MR) is 130 cm³/mol. The lowest BCUT2D eigenvalue weighted by atomic mass is 10.2. The molecule has 4 rings (SSSR count). The minimum absolute atomic E-state index is 0.0470. The summed E-state index contributed by atoms with van der Waals surface area (Å²) >= 11 is 12.0. The van der Waals surface area contributed by atoms with Gasteiger partial charge in [0.1, 0.15) is 18.1 Å². The molecule has 0 unspecified atom stereocenters. The van der Waals surface area contributed by atoms with E-state index in [1.54, 1.807) is 47.4 Å². The summed E-state index contributed by atoms with van der Waals surface area (Å²) in [6.45, 7) is 0.613. The maximum Gasteiger partial charge on any atom is 0.265 e. The van der Waals surface area contributed by atoms with Crippen LogP contribution in [0.2, 0.25) is 10.0 Å². The first-order valence-corrected chi connectivity index (χ1v) is 10.9. The molecule has 0 bridgehead atoms. The maximum atomic E-state index is 12.5. The highest BCUT2D eigenvalue weighted by Crippen LogP contribution is 2.34. The minimum atomic E-state index is -0.344. The van der Waals surface area contributed by atoms with E-state index < -0.39 is 0 Å². The number of ether oxygens (including phenoxy) is 2. The summed E-state index contributed by atoms with van der Waals surface area (Å²) in [5.41, 5.74) is 1.77. The van der Waals surface area contributed by atoms with Crippen LogP contribution >= 0.6 is 23.2 Å². The fraction of sp³-hybridized carbons (Fsp3) is 0.120. The molecule has 2 amide bonds. The van der Waals surface area contributed by atoms with E-state index in [1.165, 1.54) is 6.08 Å². The van der Waals surface area contributed by atoms with E-state index in [9.17, 15) is 9.59 Å². The Morgan fingerprint density at radius 3 is 2.70 bits per heavy atom. The van der Waals surface area contributed by atoms with Crippen LogP contribution in [0.25, 0.3) is 6.08 Å². The largest absolute Gasteiger partial charge is 0.492 e. The normalized spacial score (nSPS) is 12.9. The van der Waals surface area contributed by atoms with Gasteiger partial charge in [0.15, 0.2) is 6.61 Å². The van der Waals surface area contributed by atoms with Gasteiger partial charge in [-0.25, -0.2) is 0 Å². The van der Waals surface area contributed by atoms with Crippen molar-refractivity contribution in [2.24, 2.45) is 0 Å². The number of amides is 2. The van der Waals surface area contributed by atoms with E-state index in [-0.39, 0.29) is 18.4 Å². The molecule has 0 radical (unpaired) electrons. The second-order valence-corrected chi connectivity index (χ2v) is 8.01. The van der Waals surface area contributed by atoms with Crippen LogP contribution in [0, 0.1) is 0 Å². The van der Waals surface area contributed by atoms with Crippen molar-refractivity contribution >= 4 is 52.5 Å². The van der Waals surface area contributed by atoms with Gasteiger partial charge in [0.05, 0.1) is 12.2 Å². The Kier molecular flexibility index (Phi) is 7.17. The average Bonchev–Trinajstić information content (AvgIpc) is 2.81. The zero-order valence-corrected chi connectivity index (χ0v) is 19.0. The molecule has 3 aromatic carbocycles. The minimum Gasteiger partial charge on any atom is -0.492 e. The molecular weight excluding hydrogens is 463 g/mol. The molecular formula is C25H20Cl2N2O4. The fourth-order valence-electron chi connectivity index (χ4n) is 3.28. The van der Waals surface area contributed by atoms with E-state index in [1.807, 2.05) is 30.3 Å². The molecule has 0 atom stereocenters. The average molecular weight is 483 g/mol. The number of hydrogen-bond acceptors (Lipinski definition) is 4. The first-order valence-electron chi connectivity index (χ1n) is 10.2. The lowest BCUT2D eigenvalue weighted by Gasteiger charge is -2.29. The third kappa shape index (κ3) is 5.86. The number of anilines is 2. The van der Waals surface area contributed by atoms with Crippen LogP contribution in [-0.2, 0) is 9.59 Å². The number of carbonyl (C=O) groups excluding carboxylic acids is 2. The van der Waals surface area contributed by atoms with Gasteiger partial charge < -0.3 is 19.7 Å². The fourth-order valence-corrected chi connectivity index (χ4v) is 3.75. The SMILES string of the molecule is O=C(/C=C/c1ccc(Cl)cc1Cl)Nc1ccc2c(c1)N(CCOc1ccccc1)C(=O)CO2. The highest BCUT2D eigenvalue weighted by atomic mass is 35.5. The molecule has 1 N–H and O–H groups in total. The van der Waals surface area contributed by atoms with E-state index in [0.29, 0.717) is 45.9 Å². The predicted octanol–water partition coefficient (Wildman–Crippen LogP) is 5.45. The van der Waals surface area contributed by atoms with Gasteiger partial charge in [0.25, 0.3) is 5.91 Å². The van der Waals surface area contributed by atoms with Crippen LogP contribution in [0.15, 0.2) is 72.8 Å². The topological polar surface area (TPSA) is 67.9 Å². The van der Waals surface area contributed by atoms with Crippen LogP contribution in [0.5, 0.6) is 11.5 Å². The third-order valence-corrected chi connectivity index (χ3v) is 5.44. The van der Waals surface area contributed by atoms with Crippen molar-refractivity contribution in [3.63, 3.8) is 0 Å². The smallest absolute Gasteiger partial charge is 0.265 e. The summed E-state index contributed by atoms with van der Waals surface area (Å²) in [7, 11) is 0. The molecule has 1 aliphatic heterocycles. The number of carbonyl (C=O) groups is 2. The summed E-state index contributed by atoms with van der Waals surface area (Å²) in [5, 5.41) is 3.76. The Bertz CT molecular complexity index is 1200. The number of nitrogens with zero attached hydrogens (tertiary/aromatic N) is 1. The summed E-state index contributed by atoms with van der Waals surface area (Å²) in [5.74, 6) is 0.769. The van der Waals surface area contributed by atoms with Gasteiger partial charge in [-0.05, 0) is 54.1 Å². The van der Waals surface area contributed by atoms with Crippen molar-refractivity contribution in [2.75, 3.05) is 30.0 Å². The summed E-state index contributed by atoms with van der Waals surface area (Å²) < 4.78 is 11.3. The summed E-state index contributed by atoms with van der Waals surface area (Å²) in [6.07, 6.45) is 2.98. The van der Waals surface area contributed by atoms with Crippen molar-refractivity contribution in [1.82, 2.24) is 0 Å². The van der Waals surface area contributed by atoms with Crippen molar-refractivity contribution in [3.05, 3.63) is 88.4 Å². The number of hydrogen-bond donors (Lipinski definition) is 1. The highest BCUT2D eigenvalue weighted by Gasteiger charge is 2.26. The number of halogens is 2. The molecule has 1 aliphatic rings. The number of nitrogens with one attached hydrogen (secondary N) is 1. The number of para-hydroxylation sites is 1. The molecule has 33 heavy (non-hydrogen) atoms. The molecule has 0 aliphatic carbocycles. The first kappa shape index (κ1) is 22.7. The van der Waals surface area contributed by atoms with Crippen LogP contribution < -0.4 is 19.7 Å². The van der Waals surface area contributed by atoms with Crippen molar-refractivity contribution in [2.45, 2.75) is 0 Å². The van der Waals surface area contributed by atoms with Gasteiger partial charge in [-0.3, -0.25) is 9.59 Å². The Balaban J connectivity index is 1.43. The van der Waals surface area contributed by atoms with Gasteiger partial charge in [-0.2, -0.15) is 0 Å². The lowest BCUT2D eigenvalue weighted by molar-refractivity contribution is -0.121. The molecule has 0 spiro atoms. The molecule has 0 fully saturated rings. The number of fused-ring (bicyclic) bond motifs is 1. The van der Waals surface area contributed by atoms with Crippen molar-refractivity contribution < 1.29 is 19.1 Å². The van der Waals surface area contributed by atoms with E-state index >= 15 is 0 Å². The Morgan fingerprint density at radius 2 is 1.91 bits per heavy atom. The molecule has 168 valence electrons. The van der Waals surface area contributed by atoms with E-state index in [4.69, 9.17) is 32.7 Å². The summed E-state index contributed by atoms with van der Waals surface area (Å²) in [6, 6.07) is 19.6. The molecule has 0 saturated heterocycles. The maximum absolute atomic E-state index is 12.5. The van der Waals surface area contributed by atoms with E-state index in [2.05, 4.69) is 5.32 Å². The number of benzene rings is 3. The third-order valence-electron chi connectivity index (χ3n) is 4.87. The van der Waals surface area contributed by atoms with Crippen molar-refractivity contribution in [3.8, 4) is 11.5 Å². The Morgan fingerprint density at radius 1 is 1.09 bits per heavy atom. The molecule has 6 nitrogen and oxygen atoms in total. The lowest BCUT2D eigenvalue weighted by Crippen LogP contribution is -2.41. The van der Waals surface area contributed by atoms with Crippen LogP contribution in [0.1, 0.15) is 5.56 Å². The van der Waals surface area contributed by atoms with Gasteiger partial charge in [-0.15, -0.1) is 0 Å². The second-order valence-electron chi connectivity index (χ2n) is 7.17. The van der Waals surface area contributed by atoms with Gasteiger partial charge >= 0.3 is 0 Å². The molecule has 0 aromatic heterocycles. The Labute approximate surface area is 201 Å². The van der Waals surface area contributed by atoms with Gasteiger partial charge in [-0.1, -0.05) is 47.5 Å².